The Hall–Kier alpha value is -2.93. The summed E-state index contributed by atoms with van der Waals surface area (Å²) < 4.78 is 39.1. The summed E-state index contributed by atoms with van der Waals surface area (Å²) >= 11 is 5.78. The van der Waals surface area contributed by atoms with Crippen LogP contribution >= 0.6 is 11.6 Å². The van der Waals surface area contributed by atoms with Gasteiger partial charge >= 0.3 is 12.6 Å². The Labute approximate surface area is 165 Å². The fourth-order valence-corrected chi connectivity index (χ4v) is 2.39. The zero-order chi connectivity index (χ0) is 20.7. The molecule has 5 nitrogen and oxygen atoms in total. The minimum Gasteiger partial charge on any atom is -0.493 e. The number of hydrogen-bond donors (Lipinski definition) is 0. The van der Waals surface area contributed by atoms with Crippen LogP contribution in [0.1, 0.15) is 22.8 Å². The molecule has 148 valence electrons. The van der Waals surface area contributed by atoms with Crippen molar-refractivity contribution in [1.29, 1.82) is 0 Å². The number of benzene rings is 2. The van der Waals surface area contributed by atoms with Crippen molar-refractivity contribution in [3.05, 3.63) is 64.7 Å². The summed E-state index contributed by atoms with van der Waals surface area (Å²) in [6, 6.07) is 10.4. The highest BCUT2D eigenvalue weighted by Gasteiger charge is 2.18. The van der Waals surface area contributed by atoms with Crippen LogP contribution in [-0.4, -0.2) is 31.6 Å². The molecule has 0 aromatic heterocycles. The van der Waals surface area contributed by atoms with Gasteiger partial charge in [0.2, 0.25) is 5.78 Å². The molecule has 2 rings (SSSR count). The van der Waals surface area contributed by atoms with Crippen LogP contribution < -0.4 is 9.47 Å². The Morgan fingerprint density at radius 3 is 2.36 bits per heavy atom. The van der Waals surface area contributed by atoms with E-state index in [0.717, 1.165) is 6.08 Å². The van der Waals surface area contributed by atoms with Gasteiger partial charge in [0.05, 0.1) is 7.11 Å². The maximum Gasteiger partial charge on any atom is 0.387 e. The fraction of sp³-hybridized carbons (Fsp3) is 0.200. The van der Waals surface area contributed by atoms with Gasteiger partial charge in [-0.05, 0) is 55.0 Å². The molecule has 0 bridgehead atoms. The number of halogens is 3. The van der Waals surface area contributed by atoms with Gasteiger partial charge in [-0.25, -0.2) is 4.79 Å². The van der Waals surface area contributed by atoms with Gasteiger partial charge in [-0.2, -0.15) is 8.78 Å². The quantitative estimate of drug-likeness (QED) is 0.356. The third kappa shape index (κ3) is 6.06. The lowest BCUT2D eigenvalue weighted by Crippen LogP contribution is -2.23. The maximum atomic E-state index is 12.3. The largest absolute Gasteiger partial charge is 0.493 e. The van der Waals surface area contributed by atoms with E-state index in [1.807, 2.05) is 0 Å². The highest BCUT2D eigenvalue weighted by atomic mass is 35.5. The van der Waals surface area contributed by atoms with Crippen LogP contribution in [0.3, 0.4) is 0 Å². The summed E-state index contributed by atoms with van der Waals surface area (Å²) in [5.41, 5.74) is 0.861. The minimum absolute atomic E-state index is 0.0853. The van der Waals surface area contributed by atoms with E-state index >= 15 is 0 Å². The average Bonchev–Trinajstić information content (AvgIpc) is 2.66. The number of hydrogen-bond acceptors (Lipinski definition) is 5. The molecule has 0 unspecified atom stereocenters. The first-order chi connectivity index (χ1) is 13.3. The lowest BCUT2D eigenvalue weighted by molar-refractivity contribution is -0.140. The molecule has 0 aliphatic carbocycles. The van der Waals surface area contributed by atoms with Crippen LogP contribution in [-0.2, 0) is 9.53 Å². The van der Waals surface area contributed by atoms with Gasteiger partial charge < -0.3 is 14.2 Å². The molecule has 8 heteroatoms. The molecule has 0 spiro atoms. The molecule has 0 radical (unpaired) electrons. The zero-order valence-electron chi connectivity index (χ0n) is 15.0. The van der Waals surface area contributed by atoms with Crippen LogP contribution in [0, 0.1) is 0 Å². The molecule has 0 N–H and O–H groups in total. The molecule has 2 aromatic rings. The second-order valence-corrected chi connectivity index (χ2v) is 6.01. The molecule has 28 heavy (non-hydrogen) atoms. The van der Waals surface area contributed by atoms with Crippen molar-refractivity contribution in [2.24, 2.45) is 0 Å². The summed E-state index contributed by atoms with van der Waals surface area (Å²) in [5, 5.41) is 0.490. The van der Waals surface area contributed by atoms with E-state index in [9.17, 15) is 18.4 Å². The number of ketones is 1. The number of ether oxygens (including phenoxy) is 3. The van der Waals surface area contributed by atoms with Crippen LogP contribution in [0.2, 0.25) is 5.02 Å². The van der Waals surface area contributed by atoms with E-state index in [1.165, 1.54) is 38.3 Å². The van der Waals surface area contributed by atoms with E-state index in [1.54, 1.807) is 24.3 Å². The van der Waals surface area contributed by atoms with E-state index < -0.39 is 18.7 Å². The molecular formula is C20H17ClF2O5. The molecule has 0 amide bonds. The number of esters is 1. The Kier molecular flexibility index (Phi) is 7.52. The van der Waals surface area contributed by atoms with Gasteiger partial charge in [0.15, 0.2) is 17.6 Å². The van der Waals surface area contributed by atoms with Crippen molar-refractivity contribution < 1.29 is 32.6 Å². The summed E-state index contributed by atoms with van der Waals surface area (Å²) in [7, 11) is 1.31. The number of methoxy groups -OCH3 is 1. The van der Waals surface area contributed by atoms with Gasteiger partial charge in [-0.15, -0.1) is 0 Å². The molecule has 0 saturated heterocycles. The van der Waals surface area contributed by atoms with Gasteiger partial charge in [0, 0.05) is 16.7 Å². The Morgan fingerprint density at radius 2 is 1.75 bits per heavy atom. The molecule has 0 aliphatic heterocycles. The topological polar surface area (TPSA) is 61.8 Å². The predicted octanol–water partition coefficient (Wildman–Crippen LogP) is 4.78. The third-order valence-corrected chi connectivity index (χ3v) is 3.86. The maximum absolute atomic E-state index is 12.3. The molecule has 2 aromatic carbocycles. The summed E-state index contributed by atoms with van der Waals surface area (Å²) in [6.45, 7) is -1.52. The second kappa shape index (κ2) is 9.85. The standard InChI is InChI=1S/C20H17ClF2O5/c1-12(19(25)14-5-7-15(21)8-6-14)27-18(24)10-4-13-3-9-16(28-20(22)23)17(11-13)26-2/h3-12,20H,1-2H3/b10-4+/t12-/m0/s1. The van der Waals surface area contributed by atoms with Gasteiger partial charge in [-0.1, -0.05) is 17.7 Å². The van der Waals surface area contributed by atoms with Gasteiger partial charge in [-0.3, -0.25) is 4.79 Å². The summed E-state index contributed by atoms with van der Waals surface area (Å²) in [6.07, 6.45) is 1.53. The van der Waals surface area contributed by atoms with Gasteiger partial charge in [0.1, 0.15) is 0 Å². The number of rotatable bonds is 8. The second-order valence-electron chi connectivity index (χ2n) is 5.57. The average molecular weight is 411 g/mol. The van der Waals surface area contributed by atoms with Crippen LogP contribution in [0.15, 0.2) is 48.5 Å². The number of carbonyl (C=O) groups excluding carboxylic acids is 2. The lowest BCUT2D eigenvalue weighted by atomic mass is 10.1. The molecule has 1 atom stereocenters. The van der Waals surface area contributed by atoms with Crippen molar-refractivity contribution in [3.8, 4) is 11.5 Å². The smallest absolute Gasteiger partial charge is 0.387 e. The monoisotopic (exact) mass is 410 g/mol. The first kappa shape index (κ1) is 21.4. The molecular weight excluding hydrogens is 394 g/mol. The highest BCUT2D eigenvalue weighted by Crippen LogP contribution is 2.29. The first-order valence-electron chi connectivity index (χ1n) is 8.11. The molecule has 0 aliphatic rings. The summed E-state index contributed by atoms with van der Waals surface area (Å²) in [4.78, 5) is 24.2. The van der Waals surface area contributed by atoms with E-state index in [4.69, 9.17) is 21.1 Å². The molecule has 0 fully saturated rings. The Bertz CT molecular complexity index is 865. The van der Waals surface area contributed by atoms with E-state index in [-0.39, 0.29) is 17.3 Å². The minimum atomic E-state index is -2.98. The molecule has 0 saturated carbocycles. The van der Waals surface area contributed by atoms with Crippen LogP contribution in [0.5, 0.6) is 11.5 Å². The van der Waals surface area contributed by atoms with E-state index in [0.29, 0.717) is 16.1 Å². The number of Topliss-reactive ketones (excluding diaryl/α,β-unsaturated/α-hetero) is 1. The van der Waals surface area contributed by atoms with Crippen molar-refractivity contribution in [2.45, 2.75) is 19.6 Å². The Morgan fingerprint density at radius 1 is 1.07 bits per heavy atom. The normalized spacial score (nSPS) is 12.1. The van der Waals surface area contributed by atoms with Crippen molar-refractivity contribution >= 4 is 29.4 Å². The van der Waals surface area contributed by atoms with Crippen molar-refractivity contribution in [1.82, 2.24) is 0 Å². The van der Waals surface area contributed by atoms with Gasteiger partial charge in [0.25, 0.3) is 0 Å². The van der Waals surface area contributed by atoms with Crippen LogP contribution in [0.25, 0.3) is 6.08 Å². The zero-order valence-corrected chi connectivity index (χ0v) is 15.8. The summed E-state index contributed by atoms with van der Waals surface area (Å²) in [5.74, 6) is -1.14. The van der Waals surface area contributed by atoms with Crippen molar-refractivity contribution in [3.63, 3.8) is 0 Å². The highest BCUT2D eigenvalue weighted by molar-refractivity contribution is 6.30. The third-order valence-electron chi connectivity index (χ3n) is 3.61. The number of carbonyl (C=O) groups is 2. The van der Waals surface area contributed by atoms with Crippen molar-refractivity contribution in [2.75, 3.05) is 7.11 Å². The first-order valence-corrected chi connectivity index (χ1v) is 8.49. The van der Waals surface area contributed by atoms with E-state index in [2.05, 4.69) is 4.74 Å². The fourth-order valence-electron chi connectivity index (χ4n) is 2.26. The van der Waals surface area contributed by atoms with Crippen LogP contribution in [0.4, 0.5) is 8.78 Å². The molecule has 0 heterocycles. The lowest BCUT2D eigenvalue weighted by Gasteiger charge is -2.11. The number of alkyl halides is 2. The Balaban J connectivity index is 2.00. The predicted molar refractivity (Wildman–Crippen MR) is 100.0 cm³/mol. The SMILES string of the molecule is COc1cc(/C=C/C(=O)O[C@@H](C)C(=O)c2ccc(Cl)cc2)ccc1OC(F)F.